The number of carboxylic acid groups (broad SMARTS) is 1. The Morgan fingerprint density at radius 2 is 1.97 bits per heavy atom. The maximum atomic E-state index is 12.6. The molecule has 2 heterocycles. The van der Waals surface area contributed by atoms with Gasteiger partial charge in [-0.15, -0.1) is 0 Å². The molecule has 2 aliphatic rings. The number of rotatable bonds is 12. The Morgan fingerprint density at radius 3 is 2.71 bits per heavy atom. The number of benzene rings is 1. The third kappa shape index (κ3) is 6.80. The van der Waals surface area contributed by atoms with Gasteiger partial charge in [-0.25, -0.2) is 9.78 Å². The van der Waals surface area contributed by atoms with Crippen LogP contribution in [0.1, 0.15) is 54.8 Å². The number of carbonyl (C=O) groups is 2. The van der Waals surface area contributed by atoms with E-state index in [1.807, 2.05) is 6.07 Å². The van der Waals surface area contributed by atoms with Gasteiger partial charge in [-0.3, -0.25) is 4.79 Å². The summed E-state index contributed by atoms with van der Waals surface area (Å²) in [6.07, 6.45) is 6.53. The van der Waals surface area contributed by atoms with E-state index >= 15 is 0 Å². The second kappa shape index (κ2) is 12.1. The fourth-order valence-electron chi connectivity index (χ4n) is 4.81. The maximum Gasteiger partial charge on any atom is 0.326 e. The van der Waals surface area contributed by atoms with Crippen molar-refractivity contribution in [1.82, 2.24) is 10.3 Å². The number of nitrogens with zero attached hydrogens (tertiary/aromatic N) is 1. The van der Waals surface area contributed by atoms with E-state index in [2.05, 4.69) is 22.8 Å². The van der Waals surface area contributed by atoms with Gasteiger partial charge in [0.05, 0.1) is 18.6 Å². The van der Waals surface area contributed by atoms with E-state index in [0.29, 0.717) is 11.5 Å². The third-order valence-corrected chi connectivity index (χ3v) is 7.03. The maximum absolute atomic E-state index is 12.6. The summed E-state index contributed by atoms with van der Waals surface area (Å²) >= 11 is 0. The molecule has 1 aromatic carbocycles. The third-order valence-electron chi connectivity index (χ3n) is 7.03. The highest BCUT2D eigenvalue weighted by Gasteiger charge is 2.31. The van der Waals surface area contributed by atoms with Gasteiger partial charge in [0.15, 0.2) is 0 Å². The van der Waals surface area contributed by atoms with Crippen LogP contribution in [0, 0.1) is 5.92 Å². The molecule has 8 heteroatoms. The molecule has 1 aliphatic heterocycles. The number of anilines is 1. The van der Waals surface area contributed by atoms with Gasteiger partial charge in [0.1, 0.15) is 11.9 Å². The van der Waals surface area contributed by atoms with Crippen molar-refractivity contribution in [3.63, 3.8) is 0 Å². The highest BCUT2D eigenvalue weighted by atomic mass is 16.5. The highest BCUT2D eigenvalue weighted by Crippen LogP contribution is 2.34. The molecule has 8 nitrogen and oxygen atoms in total. The molecule has 2 aromatic rings. The topological polar surface area (TPSA) is 121 Å². The molecule has 0 radical (unpaired) electrons. The molecular formula is C27H35N3O5. The van der Waals surface area contributed by atoms with E-state index < -0.39 is 23.8 Å². The molecule has 4 N–H and O–H groups in total. The zero-order valence-corrected chi connectivity index (χ0v) is 20.0. The van der Waals surface area contributed by atoms with Gasteiger partial charge in [0.2, 0.25) is 5.91 Å². The number of pyridine rings is 1. The van der Waals surface area contributed by atoms with Gasteiger partial charge in [0.25, 0.3) is 0 Å². The Labute approximate surface area is 206 Å². The summed E-state index contributed by atoms with van der Waals surface area (Å²) in [4.78, 5) is 29.0. The largest absolute Gasteiger partial charge is 0.480 e. The van der Waals surface area contributed by atoms with Crippen LogP contribution in [0.15, 0.2) is 42.5 Å². The first-order valence-electron chi connectivity index (χ1n) is 12.6. The molecule has 0 saturated heterocycles. The monoisotopic (exact) mass is 481 g/mol. The van der Waals surface area contributed by atoms with E-state index in [1.54, 1.807) is 24.3 Å². The quantitative estimate of drug-likeness (QED) is 0.368. The van der Waals surface area contributed by atoms with Gasteiger partial charge in [-0.2, -0.15) is 0 Å². The summed E-state index contributed by atoms with van der Waals surface area (Å²) in [5.74, 6) is -0.771. The molecule has 1 unspecified atom stereocenters. The lowest BCUT2D eigenvalue weighted by atomic mass is 9.79. The lowest BCUT2D eigenvalue weighted by Crippen LogP contribution is -2.44. The highest BCUT2D eigenvalue weighted by molar-refractivity contribution is 5.88. The molecule has 2 atom stereocenters. The Balaban J connectivity index is 1.15. The number of nitrogens with one attached hydrogen (secondary N) is 2. The number of carboxylic acids is 1. The van der Waals surface area contributed by atoms with Gasteiger partial charge in [-0.1, -0.05) is 36.4 Å². The molecule has 1 aliphatic carbocycles. The van der Waals surface area contributed by atoms with Crippen molar-refractivity contribution in [3.8, 4) is 0 Å². The van der Waals surface area contributed by atoms with Gasteiger partial charge in [0, 0.05) is 25.3 Å². The Morgan fingerprint density at radius 1 is 1.17 bits per heavy atom. The Hall–Kier alpha value is -2.97. The van der Waals surface area contributed by atoms with Crippen molar-refractivity contribution in [2.24, 2.45) is 5.92 Å². The number of aliphatic hydroxyl groups is 1. The number of aryl methyl sites for hydroxylation is 2. The molecule has 0 bridgehead atoms. The van der Waals surface area contributed by atoms with E-state index in [1.165, 1.54) is 5.56 Å². The van der Waals surface area contributed by atoms with Crippen molar-refractivity contribution in [2.45, 2.75) is 63.0 Å². The van der Waals surface area contributed by atoms with Crippen molar-refractivity contribution in [2.75, 3.05) is 25.1 Å². The zero-order chi connectivity index (χ0) is 24.6. The molecular weight excluding hydrogens is 446 g/mol. The van der Waals surface area contributed by atoms with E-state index in [0.717, 1.165) is 56.6 Å². The first-order valence-corrected chi connectivity index (χ1v) is 12.6. The molecule has 188 valence electrons. The summed E-state index contributed by atoms with van der Waals surface area (Å²) in [5, 5.41) is 25.1. The number of ether oxygens (including phenoxy) is 1. The minimum absolute atomic E-state index is 0.137. The molecule has 1 amide bonds. The van der Waals surface area contributed by atoms with E-state index in [-0.39, 0.29) is 25.7 Å². The molecule has 4 rings (SSSR count). The molecule has 0 spiro atoms. The number of hydrogen-bond donors (Lipinski definition) is 4. The van der Waals surface area contributed by atoms with Gasteiger partial charge >= 0.3 is 5.97 Å². The van der Waals surface area contributed by atoms with Gasteiger partial charge < -0.3 is 25.6 Å². The first-order chi connectivity index (χ1) is 17.0. The zero-order valence-electron chi connectivity index (χ0n) is 20.0. The number of aromatic nitrogens is 1. The minimum Gasteiger partial charge on any atom is -0.480 e. The van der Waals surface area contributed by atoms with Crippen LogP contribution in [0.5, 0.6) is 0 Å². The van der Waals surface area contributed by atoms with E-state index in [9.17, 15) is 19.8 Å². The van der Waals surface area contributed by atoms with Crippen LogP contribution in [0.2, 0.25) is 0 Å². The smallest absolute Gasteiger partial charge is 0.326 e. The molecule has 1 fully saturated rings. The molecule has 1 aromatic heterocycles. The number of hydrogen-bond acceptors (Lipinski definition) is 6. The number of carbonyl (C=O) groups excluding carboxylic acids is 1. The SMILES string of the molecule is O=C(O)C(CCOC1CC(CCc2ccc3c(n2)NCCC3)C1)NC(=O)[C@H](CO)c1ccccc1. The minimum atomic E-state index is -1.11. The number of fused-ring (bicyclic) bond motifs is 1. The predicted molar refractivity (Wildman–Crippen MR) is 132 cm³/mol. The lowest BCUT2D eigenvalue weighted by Gasteiger charge is -2.35. The second-order valence-corrected chi connectivity index (χ2v) is 9.54. The number of amides is 1. The van der Waals surface area contributed by atoms with Crippen LogP contribution >= 0.6 is 0 Å². The Bertz CT molecular complexity index is 994. The summed E-state index contributed by atoms with van der Waals surface area (Å²) < 4.78 is 5.88. The van der Waals surface area contributed by atoms with Crippen molar-refractivity contribution in [1.29, 1.82) is 0 Å². The fraction of sp³-hybridized carbons (Fsp3) is 0.519. The number of aliphatic hydroxyl groups excluding tert-OH is 1. The number of aliphatic carboxylic acids is 1. The normalized spacial score (nSPS) is 20.6. The van der Waals surface area contributed by atoms with Crippen molar-refractivity contribution >= 4 is 17.7 Å². The van der Waals surface area contributed by atoms with Crippen LogP contribution in [0.4, 0.5) is 5.82 Å². The van der Waals surface area contributed by atoms with Crippen molar-refractivity contribution in [3.05, 3.63) is 59.3 Å². The summed E-state index contributed by atoms with van der Waals surface area (Å²) in [6.45, 7) is 0.869. The van der Waals surface area contributed by atoms with Crippen LogP contribution in [-0.2, 0) is 27.2 Å². The van der Waals surface area contributed by atoms with Gasteiger partial charge in [-0.05, 0) is 61.6 Å². The second-order valence-electron chi connectivity index (χ2n) is 9.54. The first kappa shape index (κ1) is 25.1. The summed E-state index contributed by atoms with van der Waals surface area (Å²) in [7, 11) is 0. The van der Waals surface area contributed by atoms with Crippen molar-refractivity contribution < 1.29 is 24.5 Å². The Kier molecular flexibility index (Phi) is 8.71. The van der Waals surface area contributed by atoms with Crippen LogP contribution < -0.4 is 10.6 Å². The summed E-state index contributed by atoms with van der Waals surface area (Å²) in [6, 6.07) is 12.1. The van der Waals surface area contributed by atoms with E-state index in [4.69, 9.17) is 9.72 Å². The average molecular weight is 482 g/mol. The van der Waals surface area contributed by atoms with Crippen LogP contribution in [-0.4, -0.2) is 59.0 Å². The van der Waals surface area contributed by atoms with Crippen LogP contribution in [0.25, 0.3) is 0 Å². The summed E-state index contributed by atoms with van der Waals surface area (Å²) in [5.41, 5.74) is 3.08. The van der Waals surface area contributed by atoms with Crippen LogP contribution in [0.3, 0.4) is 0 Å². The lowest BCUT2D eigenvalue weighted by molar-refractivity contribution is -0.143. The fourth-order valence-corrected chi connectivity index (χ4v) is 4.81. The standard InChI is InChI=1S/C27H35N3O5/c31-17-23(19-5-2-1-3-6-19)26(32)30-24(27(33)34)12-14-35-22-15-18(16-22)8-10-21-11-9-20-7-4-13-28-25(20)29-21/h1-3,5-6,9,11,18,22-24,31H,4,7-8,10,12-17H2,(H,28,29)(H,30,32)(H,33,34)/t18?,22?,23-,24?/m1/s1. The predicted octanol–water partition coefficient (Wildman–Crippen LogP) is 2.90. The molecule has 1 saturated carbocycles. The average Bonchev–Trinajstić information content (AvgIpc) is 2.85. The molecule has 35 heavy (non-hydrogen) atoms.